The van der Waals surface area contributed by atoms with E-state index in [1.807, 2.05) is 0 Å². The van der Waals surface area contributed by atoms with Crippen molar-refractivity contribution in [2.45, 2.75) is 18.9 Å². The molecule has 12 nitrogen and oxygen atoms in total. The summed E-state index contributed by atoms with van der Waals surface area (Å²) in [6.07, 6.45) is 2.53. The molecule has 0 spiro atoms. The first-order chi connectivity index (χ1) is 21.7. The Morgan fingerprint density at radius 3 is 2.33 bits per heavy atom. The lowest BCUT2D eigenvalue weighted by atomic mass is 9.86. The Labute approximate surface area is 271 Å². The van der Waals surface area contributed by atoms with Crippen molar-refractivity contribution in [3.8, 4) is 0 Å². The molecule has 0 aliphatic carbocycles. The van der Waals surface area contributed by atoms with Crippen molar-refractivity contribution in [2.75, 3.05) is 79.3 Å². The van der Waals surface area contributed by atoms with Gasteiger partial charge in [-0.1, -0.05) is 17.7 Å². The van der Waals surface area contributed by atoms with E-state index in [0.29, 0.717) is 68.0 Å². The van der Waals surface area contributed by atoms with Gasteiger partial charge < -0.3 is 29.0 Å². The molecule has 1 aromatic heterocycles. The summed E-state index contributed by atoms with van der Waals surface area (Å²) in [6.45, 7) is 3.04. The summed E-state index contributed by atoms with van der Waals surface area (Å²) >= 11 is 7.81. The molecule has 3 heterocycles. The van der Waals surface area contributed by atoms with Crippen LogP contribution in [0.1, 0.15) is 29.5 Å². The van der Waals surface area contributed by atoms with Gasteiger partial charge in [0.2, 0.25) is 10.0 Å². The van der Waals surface area contributed by atoms with Crippen LogP contribution in [0.5, 0.6) is 0 Å². The second-order valence-electron chi connectivity index (χ2n) is 10.1. The number of amidine groups is 1. The molecule has 1 aromatic carbocycles. The molecule has 2 aliphatic heterocycles. The van der Waals surface area contributed by atoms with Crippen molar-refractivity contribution in [3.05, 3.63) is 62.5 Å². The molecule has 1 N–H and O–H groups in total. The highest BCUT2D eigenvalue weighted by molar-refractivity contribution is 7.89. The van der Waals surface area contributed by atoms with Crippen LogP contribution in [-0.4, -0.2) is 109 Å². The highest BCUT2D eigenvalue weighted by atomic mass is 35.5. The van der Waals surface area contributed by atoms with Gasteiger partial charge in [-0.05, 0) is 25.0 Å². The van der Waals surface area contributed by atoms with Crippen LogP contribution in [0.15, 0.2) is 46.0 Å². The number of aliphatic imine (C=N–C) groups is 1. The number of methoxy groups -OCH3 is 2. The number of piperidine rings is 1. The van der Waals surface area contributed by atoms with E-state index in [-0.39, 0.29) is 48.6 Å². The van der Waals surface area contributed by atoms with Gasteiger partial charge in [-0.3, -0.25) is 4.99 Å². The first-order valence-electron chi connectivity index (χ1n) is 14.5. The van der Waals surface area contributed by atoms with Crippen LogP contribution in [0.2, 0.25) is 5.02 Å². The van der Waals surface area contributed by atoms with E-state index in [4.69, 9.17) is 40.3 Å². The lowest BCUT2D eigenvalue weighted by Gasteiger charge is -2.36. The number of sulfonamides is 1. The first-order valence-corrected chi connectivity index (χ1v) is 17.3. The third kappa shape index (κ3) is 9.75. The van der Waals surface area contributed by atoms with Crippen molar-refractivity contribution in [1.29, 1.82) is 0 Å². The standard InChI is InChI=1S/C29H38ClFN4O8S2/c1-39-10-11-41-12-13-42-14-15-43-16-18-45(37,38)35-8-5-20(6-9-35)25-24(29(36)40-2)26(22-4-3-21(31)19-23(22)30)34-27(33-25)28-32-7-17-44-28/h3-4,7,17,19-20,26H,5-6,8-16,18H2,1-2H3,(H,33,34). The molecule has 0 radical (unpaired) electrons. The van der Waals surface area contributed by atoms with Crippen LogP contribution in [0.4, 0.5) is 4.39 Å². The number of carbonyl (C=O) groups is 1. The minimum absolute atomic E-state index is 0.0445. The summed E-state index contributed by atoms with van der Waals surface area (Å²) in [4.78, 5) is 22.4. The molecule has 248 valence electrons. The molecule has 0 bridgehead atoms. The summed E-state index contributed by atoms with van der Waals surface area (Å²) in [5, 5.41) is 5.82. The molecule has 0 amide bonds. The maximum Gasteiger partial charge on any atom is 0.338 e. The van der Waals surface area contributed by atoms with Crippen molar-refractivity contribution < 1.29 is 41.3 Å². The van der Waals surface area contributed by atoms with Gasteiger partial charge in [-0.2, -0.15) is 0 Å². The fraction of sp³-hybridized carbons (Fsp3) is 0.552. The van der Waals surface area contributed by atoms with E-state index < -0.39 is 27.9 Å². The Hall–Kier alpha value is -2.50. The number of ether oxygens (including phenoxy) is 5. The Morgan fingerprint density at radius 2 is 1.73 bits per heavy atom. The van der Waals surface area contributed by atoms with Crippen LogP contribution in [0.25, 0.3) is 0 Å². The van der Waals surface area contributed by atoms with Crippen LogP contribution in [-0.2, 0) is 38.5 Å². The molecule has 2 aliphatic rings. The molecular weight excluding hydrogens is 651 g/mol. The summed E-state index contributed by atoms with van der Waals surface area (Å²) < 4.78 is 67.8. The smallest absolute Gasteiger partial charge is 0.338 e. The molecule has 1 fully saturated rings. The van der Waals surface area contributed by atoms with Crippen molar-refractivity contribution in [2.24, 2.45) is 10.9 Å². The molecule has 1 saturated heterocycles. The fourth-order valence-corrected chi connectivity index (χ4v) is 7.23. The molecule has 16 heteroatoms. The maximum atomic E-state index is 13.9. The normalized spacial score (nSPS) is 18.1. The number of hydrogen-bond acceptors (Lipinski definition) is 12. The van der Waals surface area contributed by atoms with Gasteiger partial charge in [0.25, 0.3) is 0 Å². The average Bonchev–Trinajstić information content (AvgIpc) is 3.58. The number of aromatic nitrogens is 1. The number of carbonyl (C=O) groups excluding carboxylic acids is 1. The maximum absolute atomic E-state index is 13.9. The largest absolute Gasteiger partial charge is 0.466 e. The summed E-state index contributed by atoms with van der Waals surface area (Å²) in [7, 11) is -0.688. The predicted molar refractivity (Wildman–Crippen MR) is 167 cm³/mol. The van der Waals surface area contributed by atoms with E-state index in [0.717, 1.165) is 0 Å². The number of nitrogens with zero attached hydrogens (tertiary/aromatic N) is 3. The second-order valence-corrected chi connectivity index (χ2v) is 13.5. The number of thiazole rings is 1. The van der Waals surface area contributed by atoms with Crippen LogP contribution < -0.4 is 5.32 Å². The van der Waals surface area contributed by atoms with Gasteiger partial charge in [-0.15, -0.1) is 11.3 Å². The van der Waals surface area contributed by atoms with Crippen LogP contribution >= 0.6 is 22.9 Å². The number of halogens is 2. The van der Waals surface area contributed by atoms with Gasteiger partial charge in [0, 0.05) is 54.0 Å². The lowest BCUT2D eigenvalue weighted by Crippen LogP contribution is -2.44. The second kappa shape index (κ2) is 17.4. The van der Waals surface area contributed by atoms with Gasteiger partial charge in [0.1, 0.15) is 11.9 Å². The molecule has 4 rings (SSSR count). The third-order valence-electron chi connectivity index (χ3n) is 7.29. The monoisotopic (exact) mass is 688 g/mol. The highest BCUT2D eigenvalue weighted by Crippen LogP contribution is 2.40. The fourth-order valence-electron chi connectivity index (χ4n) is 5.02. The molecule has 1 unspecified atom stereocenters. The van der Waals surface area contributed by atoms with Gasteiger partial charge >= 0.3 is 5.97 Å². The number of benzene rings is 1. The Balaban J connectivity index is 1.39. The summed E-state index contributed by atoms with van der Waals surface area (Å²) in [5.74, 6) is -1.06. The predicted octanol–water partition coefficient (Wildman–Crippen LogP) is 3.19. The third-order valence-corrected chi connectivity index (χ3v) is 10.2. The first kappa shape index (κ1) is 35.4. The van der Waals surface area contributed by atoms with E-state index in [1.54, 1.807) is 18.7 Å². The van der Waals surface area contributed by atoms with Crippen molar-refractivity contribution in [3.63, 3.8) is 0 Å². The van der Waals surface area contributed by atoms with E-state index in [1.165, 1.54) is 41.0 Å². The Bertz CT molecular complexity index is 1430. The zero-order valence-electron chi connectivity index (χ0n) is 25.2. The minimum atomic E-state index is -3.57. The molecule has 1 atom stereocenters. The van der Waals surface area contributed by atoms with Gasteiger partial charge in [0.05, 0.1) is 64.7 Å². The topological polar surface area (TPSA) is 138 Å². The Morgan fingerprint density at radius 1 is 1.07 bits per heavy atom. The zero-order chi connectivity index (χ0) is 32.2. The van der Waals surface area contributed by atoms with E-state index in [2.05, 4.69) is 10.3 Å². The van der Waals surface area contributed by atoms with Crippen molar-refractivity contribution in [1.82, 2.24) is 14.6 Å². The number of nitrogens with one attached hydrogen (secondary N) is 1. The van der Waals surface area contributed by atoms with E-state index >= 15 is 0 Å². The number of allylic oxidation sites excluding steroid dienone is 1. The SMILES string of the molecule is COCCOCCOCCOCCS(=O)(=O)N1CCC(C2=C(C(=O)OC)C(c3ccc(F)cc3Cl)N=C(c3nccs3)N2)CC1. The zero-order valence-corrected chi connectivity index (χ0v) is 27.6. The van der Waals surface area contributed by atoms with E-state index in [9.17, 15) is 17.6 Å². The van der Waals surface area contributed by atoms with Gasteiger partial charge in [-0.25, -0.2) is 26.9 Å². The molecule has 0 saturated carbocycles. The molecule has 2 aromatic rings. The summed E-state index contributed by atoms with van der Waals surface area (Å²) in [6, 6.07) is 3.05. The summed E-state index contributed by atoms with van der Waals surface area (Å²) in [5.41, 5.74) is 1.24. The van der Waals surface area contributed by atoms with Gasteiger partial charge in [0.15, 0.2) is 10.8 Å². The van der Waals surface area contributed by atoms with Crippen LogP contribution in [0.3, 0.4) is 0 Å². The number of hydrogen-bond donors (Lipinski definition) is 1. The number of esters is 1. The van der Waals surface area contributed by atoms with Crippen LogP contribution in [0, 0.1) is 11.7 Å². The lowest BCUT2D eigenvalue weighted by molar-refractivity contribution is -0.136. The minimum Gasteiger partial charge on any atom is -0.466 e. The highest BCUT2D eigenvalue weighted by Gasteiger charge is 2.38. The Kier molecular flexibility index (Phi) is 13.7. The molecule has 45 heavy (non-hydrogen) atoms. The molecular formula is C29H38ClFN4O8S2. The average molecular weight is 689 g/mol. The number of rotatable bonds is 17. The van der Waals surface area contributed by atoms with Crippen molar-refractivity contribution >= 4 is 44.8 Å². The quantitative estimate of drug-likeness (QED) is 0.195.